The van der Waals surface area contributed by atoms with Crippen LogP contribution < -0.4 is 9.64 Å². The van der Waals surface area contributed by atoms with Gasteiger partial charge in [0.05, 0.1) is 17.7 Å². The molecule has 1 heterocycles. The number of fused-ring (bicyclic) bond motifs is 1. The van der Waals surface area contributed by atoms with Crippen molar-refractivity contribution in [1.29, 1.82) is 0 Å². The maximum absolute atomic E-state index is 12.9. The van der Waals surface area contributed by atoms with Crippen LogP contribution in [0.4, 0.5) is 5.69 Å². The minimum atomic E-state index is -0.160. The molecule has 0 aliphatic carbocycles. The summed E-state index contributed by atoms with van der Waals surface area (Å²) in [6.07, 6.45) is 1.75. The molecular formula is C21H15NO3S2. The number of phenolic OH excluding ortho intramolecular Hbond substituents is 1. The maximum atomic E-state index is 12.9. The molecule has 0 bridgehead atoms. The summed E-state index contributed by atoms with van der Waals surface area (Å²) in [4.78, 5) is 15.0. The van der Waals surface area contributed by atoms with E-state index in [1.165, 1.54) is 24.9 Å². The van der Waals surface area contributed by atoms with Gasteiger partial charge in [0.1, 0.15) is 0 Å². The van der Waals surface area contributed by atoms with Gasteiger partial charge in [0.15, 0.2) is 15.8 Å². The Bertz CT molecular complexity index is 1110. The average Bonchev–Trinajstić information content (AvgIpc) is 2.96. The molecule has 6 heteroatoms. The first-order valence-electron chi connectivity index (χ1n) is 8.20. The fourth-order valence-corrected chi connectivity index (χ4v) is 4.24. The number of hydrogen-bond acceptors (Lipinski definition) is 5. The van der Waals surface area contributed by atoms with Gasteiger partial charge < -0.3 is 9.84 Å². The van der Waals surface area contributed by atoms with E-state index in [1.54, 1.807) is 23.1 Å². The quantitative estimate of drug-likeness (QED) is 0.503. The summed E-state index contributed by atoms with van der Waals surface area (Å²) in [6, 6.07) is 18.8. The van der Waals surface area contributed by atoms with Crippen molar-refractivity contribution in [3.8, 4) is 11.5 Å². The zero-order chi connectivity index (χ0) is 19.0. The van der Waals surface area contributed by atoms with Crippen molar-refractivity contribution < 1.29 is 14.6 Å². The van der Waals surface area contributed by atoms with Crippen LogP contribution in [0, 0.1) is 0 Å². The van der Waals surface area contributed by atoms with Crippen LogP contribution in [0.3, 0.4) is 0 Å². The van der Waals surface area contributed by atoms with Gasteiger partial charge in [-0.2, -0.15) is 0 Å². The molecule has 4 rings (SSSR count). The fraction of sp³-hybridized carbons (Fsp3) is 0.0476. The van der Waals surface area contributed by atoms with E-state index in [0.29, 0.717) is 15.0 Å². The first-order chi connectivity index (χ1) is 13.1. The van der Waals surface area contributed by atoms with Gasteiger partial charge in [-0.3, -0.25) is 9.69 Å². The summed E-state index contributed by atoms with van der Waals surface area (Å²) < 4.78 is 5.62. The molecule has 3 aromatic carbocycles. The molecular weight excluding hydrogens is 378 g/mol. The molecule has 1 aliphatic heterocycles. The van der Waals surface area contributed by atoms with Crippen molar-refractivity contribution in [1.82, 2.24) is 0 Å². The number of phenols is 1. The number of thiocarbonyl (C=S) groups is 1. The number of methoxy groups -OCH3 is 1. The van der Waals surface area contributed by atoms with E-state index in [9.17, 15) is 9.90 Å². The molecule has 1 fully saturated rings. The van der Waals surface area contributed by atoms with Crippen molar-refractivity contribution in [2.75, 3.05) is 12.0 Å². The predicted octanol–water partition coefficient (Wildman–Crippen LogP) is 4.96. The van der Waals surface area contributed by atoms with E-state index in [1.807, 2.05) is 42.5 Å². The number of carbonyl (C=O) groups excluding carboxylic acids is 1. The second kappa shape index (κ2) is 7.06. The van der Waals surface area contributed by atoms with E-state index in [4.69, 9.17) is 17.0 Å². The summed E-state index contributed by atoms with van der Waals surface area (Å²) >= 11 is 6.71. The van der Waals surface area contributed by atoms with Crippen LogP contribution in [0.2, 0.25) is 0 Å². The summed E-state index contributed by atoms with van der Waals surface area (Å²) in [5, 5.41) is 11.9. The summed E-state index contributed by atoms with van der Waals surface area (Å²) in [5.74, 6) is 0.249. The summed E-state index contributed by atoms with van der Waals surface area (Å²) in [6.45, 7) is 0. The molecule has 1 aliphatic rings. The highest BCUT2D eigenvalue weighted by atomic mass is 32.2. The summed E-state index contributed by atoms with van der Waals surface area (Å²) in [5.41, 5.74) is 1.51. The number of aromatic hydroxyl groups is 1. The van der Waals surface area contributed by atoms with Crippen molar-refractivity contribution in [3.63, 3.8) is 0 Å². The first-order valence-corrected chi connectivity index (χ1v) is 9.43. The van der Waals surface area contributed by atoms with Crippen LogP contribution in [-0.2, 0) is 4.79 Å². The van der Waals surface area contributed by atoms with Gasteiger partial charge in [0.2, 0.25) is 0 Å². The Balaban J connectivity index is 1.69. The van der Waals surface area contributed by atoms with Gasteiger partial charge >= 0.3 is 0 Å². The average molecular weight is 393 g/mol. The number of benzene rings is 3. The minimum absolute atomic E-state index is 0.0540. The lowest BCUT2D eigenvalue weighted by Gasteiger charge is -2.15. The van der Waals surface area contributed by atoms with Crippen molar-refractivity contribution >= 4 is 56.7 Å². The molecule has 134 valence electrons. The van der Waals surface area contributed by atoms with Crippen LogP contribution in [0.15, 0.2) is 65.6 Å². The molecule has 0 unspecified atom stereocenters. The lowest BCUT2D eigenvalue weighted by atomic mass is 10.1. The zero-order valence-corrected chi connectivity index (χ0v) is 16.0. The number of ether oxygens (including phenoxy) is 1. The number of carbonyl (C=O) groups is 1. The second-order valence-electron chi connectivity index (χ2n) is 5.98. The fourth-order valence-electron chi connectivity index (χ4n) is 2.94. The molecule has 4 nitrogen and oxygen atoms in total. The topological polar surface area (TPSA) is 49.8 Å². The predicted molar refractivity (Wildman–Crippen MR) is 114 cm³/mol. The van der Waals surface area contributed by atoms with Crippen LogP contribution in [0.25, 0.3) is 16.8 Å². The zero-order valence-electron chi connectivity index (χ0n) is 14.4. The smallest absolute Gasteiger partial charge is 0.270 e. The Labute approximate surface area is 166 Å². The summed E-state index contributed by atoms with van der Waals surface area (Å²) in [7, 11) is 1.48. The van der Waals surface area contributed by atoms with Crippen LogP contribution in [0.1, 0.15) is 5.56 Å². The lowest BCUT2D eigenvalue weighted by molar-refractivity contribution is -0.113. The van der Waals surface area contributed by atoms with E-state index in [2.05, 4.69) is 0 Å². The van der Waals surface area contributed by atoms with Gasteiger partial charge in [0, 0.05) is 0 Å². The number of amides is 1. The maximum Gasteiger partial charge on any atom is 0.270 e. The van der Waals surface area contributed by atoms with Crippen molar-refractivity contribution in [3.05, 3.63) is 71.1 Å². The molecule has 0 aromatic heterocycles. The van der Waals surface area contributed by atoms with Gasteiger partial charge in [-0.05, 0) is 46.7 Å². The Morgan fingerprint density at radius 2 is 1.85 bits per heavy atom. The van der Waals surface area contributed by atoms with Crippen molar-refractivity contribution in [2.24, 2.45) is 0 Å². The normalized spacial score (nSPS) is 15.7. The molecule has 0 atom stereocenters. The standard InChI is InChI=1S/C21H15NO3S2/c1-25-18-10-13(6-9-17(18)23)11-19-20(24)22(21(26)27-19)16-8-7-14-4-2-3-5-15(14)12-16/h2-12,23H,1H3. The SMILES string of the molecule is COc1cc(C=C2SC(=S)N(c3ccc4ccccc4c3)C2=O)ccc1O. The third kappa shape index (κ3) is 3.29. The molecule has 0 spiro atoms. The first kappa shape index (κ1) is 17.6. The highest BCUT2D eigenvalue weighted by molar-refractivity contribution is 8.27. The molecule has 1 saturated heterocycles. The van der Waals surface area contributed by atoms with Crippen LogP contribution >= 0.6 is 24.0 Å². The van der Waals surface area contributed by atoms with Gasteiger partial charge in [-0.25, -0.2) is 0 Å². The Morgan fingerprint density at radius 1 is 1.07 bits per heavy atom. The molecule has 0 saturated carbocycles. The van der Waals surface area contributed by atoms with E-state index in [-0.39, 0.29) is 11.7 Å². The minimum Gasteiger partial charge on any atom is -0.504 e. The van der Waals surface area contributed by atoms with Crippen LogP contribution in [-0.4, -0.2) is 22.4 Å². The van der Waals surface area contributed by atoms with E-state index >= 15 is 0 Å². The van der Waals surface area contributed by atoms with Crippen molar-refractivity contribution in [2.45, 2.75) is 0 Å². The molecule has 1 N–H and O–H groups in total. The Kier molecular flexibility index (Phi) is 4.59. The van der Waals surface area contributed by atoms with E-state index in [0.717, 1.165) is 22.0 Å². The van der Waals surface area contributed by atoms with Gasteiger partial charge in [0.25, 0.3) is 5.91 Å². The van der Waals surface area contributed by atoms with Gasteiger partial charge in [-0.15, -0.1) is 0 Å². The number of anilines is 1. The molecule has 1 amide bonds. The lowest BCUT2D eigenvalue weighted by Crippen LogP contribution is -2.27. The third-order valence-electron chi connectivity index (χ3n) is 4.29. The Morgan fingerprint density at radius 3 is 2.63 bits per heavy atom. The highest BCUT2D eigenvalue weighted by Gasteiger charge is 2.33. The molecule has 0 radical (unpaired) electrons. The highest BCUT2D eigenvalue weighted by Crippen LogP contribution is 2.37. The number of hydrogen-bond donors (Lipinski definition) is 1. The van der Waals surface area contributed by atoms with Crippen LogP contribution in [0.5, 0.6) is 11.5 Å². The largest absolute Gasteiger partial charge is 0.504 e. The number of thioether (sulfide) groups is 1. The van der Waals surface area contributed by atoms with Gasteiger partial charge in [-0.1, -0.05) is 60.4 Å². The molecule has 3 aromatic rings. The van der Waals surface area contributed by atoms with E-state index < -0.39 is 0 Å². The monoisotopic (exact) mass is 393 g/mol. The number of rotatable bonds is 3. The number of nitrogens with zero attached hydrogens (tertiary/aromatic N) is 1. The third-order valence-corrected chi connectivity index (χ3v) is 5.59. The second-order valence-corrected chi connectivity index (χ2v) is 7.66. The Hall–Kier alpha value is -2.83. The molecule has 27 heavy (non-hydrogen) atoms.